The van der Waals surface area contributed by atoms with Crippen molar-refractivity contribution in [3.8, 4) is 0 Å². The topological polar surface area (TPSA) is 51.2 Å². The van der Waals surface area contributed by atoms with E-state index in [1.807, 2.05) is 19.1 Å². The van der Waals surface area contributed by atoms with E-state index in [2.05, 4.69) is 10.3 Å². The Bertz CT molecular complexity index is 613. The third-order valence-corrected chi connectivity index (χ3v) is 3.83. The number of rotatable bonds is 5. The zero-order chi connectivity index (χ0) is 14.5. The van der Waals surface area contributed by atoms with Gasteiger partial charge in [-0.1, -0.05) is 11.6 Å². The number of nitrogens with zero attached hydrogens (tertiary/aromatic N) is 1. The third kappa shape index (κ3) is 3.71. The van der Waals surface area contributed by atoms with Gasteiger partial charge < -0.3 is 10.1 Å². The van der Waals surface area contributed by atoms with E-state index >= 15 is 0 Å². The second-order valence-electron chi connectivity index (χ2n) is 4.18. The monoisotopic (exact) mass is 310 g/mol. The van der Waals surface area contributed by atoms with Crippen LogP contribution in [-0.4, -0.2) is 17.6 Å². The van der Waals surface area contributed by atoms with Crippen LogP contribution in [0.3, 0.4) is 0 Å². The molecule has 0 aliphatic rings. The van der Waals surface area contributed by atoms with E-state index in [0.29, 0.717) is 23.2 Å². The molecule has 0 amide bonds. The van der Waals surface area contributed by atoms with Crippen LogP contribution in [0.5, 0.6) is 0 Å². The first-order valence-electron chi connectivity index (χ1n) is 6.22. The molecule has 0 spiro atoms. The number of hydrogen-bond donors (Lipinski definition) is 1. The summed E-state index contributed by atoms with van der Waals surface area (Å²) >= 11 is 7.22. The zero-order valence-electron chi connectivity index (χ0n) is 11.3. The highest BCUT2D eigenvalue weighted by Gasteiger charge is 2.10. The van der Waals surface area contributed by atoms with Crippen LogP contribution in [-0.2, 0) is 11.3 Å². The van der Waals surface area contributed by atoms with Crippen molar-refractivity contribution in [2.24, 2.45) is 0 Å². The van der Waals surface area contributed by atoms with E-state index in [0.717, 1.165) is 16.1 Å². The average Bonchev–Trinajstić information content (AvgIpc) is 2.82. The first-order chi connectivity index (χ1) is 9.60. The number of thiazole rings is 1. The Labute approximate surface area is 126 Å². The van der Waals surface area contributed by atoms with Crippen LogP contribution < -0.4 is 5.32 Å². The Morgan fingerprint density at radius 1 is 1.50 bits per heavy atom. The van der Waals surface area contributed by atoms with Crippen molar-refractivity contribution in [3.05, 3.63) is 44.9 Å². The van der Waals surface area contributed by atoms with E-state index < -0.39 is 0 Å². The Balaban J connectivity index is 2.03. The number of aryl methyl sites for hydroxylation is 1. The second kappa shape index (κ2) is 6.72. The van der Waals surface area contributed by atoms with E-state index in [9.17, 15) is 4.79 Å². The van der Waals surface area contributed by atoms with Crippen molar-refractivity contribution >= 4 is 34.6 Å². The summed E-state index contributed by atoms with van der Waals surface area (Å²) in [5.74, 6) is -0.286. The molecule has 0 aliphatic heterocycles. The summed E-state index contributed by atoms with van der Waals surface area (Å²) in [6.45, 7) is 4.72. The minimum atomic E-state index is -0.286. The predicted molar refractivity (Wildman–Crippen MR) is 81.6 cm³/mol. The number of carbonyl (C=O) groups is 1. The standard InChI is InChI=1S/C14H15ClN2O2S/c1-3-19-13(18)12-5-4-10(6-9(12)2)16-7-11-8-17-14(15)20-11/h4-6,8,16H,3,7H2,1-2H3. The van der Waals surface area contributed by atoms with Gasteiger partial charge in [0.2, 0.25) is 0 Å². The average molecular weight is 311 g/mol. The zero-order valence-corrected chi connectivity index (χ0v) is 12.8. The lowest BCUT2D eigenvalue weighted by molar-refractivity contribution is 0.0525. The molecule has 106 valence electrons. The van der Waals surface area contributed by atoms with Gasteiger partial charge in [0.15, 0.2) is 4.47 Å². The van der Waals surface area contributed by atoms with Gasteiger partial charge in [-0.05, 0) is 37.6 Å². The molecule has 0 radical (unpaired) electrons. The maximum Gasteiger partial charge on any atom is 0.338 e. The fourth-order valence-corrected chi connectivity index (χ4v) is 2.68. The molecule has 4 nitrogen and oxygen atoms in total. The summed E-state index contributed by atoms with van der Waals surface area (Å²) < 4.78 is 5.54. The van der Waals surface area contributed by atoms with Crippen molar-refractivity contribution < 1.29 is 9.53 Å². The van der Waals surface area contributed by atoms with Crippen LogP contribution in [0.1, 0.15) is 27.7 Å². The highest BCUT2D eigenvalue weighted by atomic mass is 35.5. The van der Waals surface area contributed by atoms with Gasteiger partial charge in [-0.15, -0.1) is 11.3 Å². The van der Waals surface area contributed by atoms with Crippen molar-refractivity contribution in [2.75, 3.05) is 11.9 Å². The van der Waals surface area contributed by atoms with Gasteiger partial charge in [0.1, 0.15) is 0 Å². The smallest absolute Gasteiger partial charge is 0.338 e. The van der Waals surface area contributed by atoms with E-state index in [1.54, 1.807) is 19.2 Å². The van der Waals surface area contributed by atoms with E-state index in [4.69, 9.17) is 16.3 Å². The molecule has 1 N–H and O–H groups in total. The molecule has 0 saturated heterocycles. The van der Waals surface area contributed by atoms with Crippen molar-refractivity contribution in [2.45, 2.75) is 20.4 Å². The minimum absolute atomic E-state index is 0.286. The molecule has 2 rings (SSSR count). The minimum Gasteiger partial charge on any atom is -0.462 e. The van der Waals surface area contributed by atoms with Crippen molar-refractivity contribution in [3.63, 3.8) is 0 Å². The number of carbonyl (C=O) groups excluding carboxylic acids is 1. The molecule has 0 aliphatic carbocycles. The highest BCUT2D eigenvalue weighted by molar-refractivity contribution is 7.15. The Kier molecular flexibility index (Phi) is 4.98. The summed E-state index contributed by atoms with van der Waals surface area (Å²) in [7, 11) is 0. The van der Waals surface area contributed by atoms with Gasteiger partial charge in [0, 0.05) is 16.8 Å². The van der Waals surface area contributed by atoms with Gasteiger partial charge in [-0.3, -0.25) is 0 Å². The van der Waals surface area contributed by atoms with Crippen LogP contribution in [0, 0.1) is 6.92 Å². The maximum absolute atomic E-state index is 11.7. The number of hydrogen-bond acceptors (Lipinski definition) is 5. The summed E-state index contributed by atoms with van der Waals surface area (Å²) in [5.41, 5.74) is 2.43. The molecule has 0 saturated carbocycles. The predicted octanol–water partition coefficient (Wildman–Crippen LogP) is 3.89. The summed E-state index contributed by atoms with van der Waals surface area (Å²) in [4.78, 5) is 16.7. The van der Waals surface area contributed by atoms with Gasteiger partial charge in [0.25, 0.3) is 0 Å². The molecule has 1 aromatic heterocycles. The molecular formula is C14H15ClN2O2S. The lowest BCUT2D eigenvalue weighted by Crippen LogP contribution is -2.07. The maximum atomic E-state index is 11.7. The summed E-state index contributed by atoms with van der Waals surface area (Å²) in [6.07, 6.45) is 1.75. The number of nitrogens with one attached hydrogen (secondary N) is 1. The molecule has 20 heavy (non-hydrogen) atoms. The van der Waals surface area contributed by atoms with E-state index in [1.165, 1.54) is 11.3 Å². The summed E-state index contributed by atoms with van der Waals surface area (Å²) in [6, 6.07) is 5.56. The van der Waals surface area contributed by atoms with Crippen molar-refractivity contribution in [1.82, 2.24) is 4.98 Å². The number of ether oxygens (including phenoxy) is 1. The Hall–Kier alpha value is -1.59. The molecule has 0 atom stereocenters. The normalized spacial score (nSPS) is 10.3. The second-order valence-corrected chi connectivity index (χ2v) is 5.88. The van der Waals surface area contributed by atoms with E-state index in [-0.39, 0.29) is 5.97 Å². The lowest BCUT2D eigenvalue weighted by atomic mass is 10.1. The first kappa shape index (κ1) is 14.8. The van der Waals surface area contributed by atoms with Gasteiger partial charge >= 0.3 is 5.97 Å². The van der Waals surface area contributed by atoms with Crippen LogP contribution >= 0.6 is 22.9 Å². The van der Waals surface area contributed by atoms with Crippen molar-refractivity contribution in [1.29, 1.82) is 0 Å². The fourth-order valence-electron chi connectivity index (χ4n) is 1.77. The molecule has 6 heteroatoms. The molecule has 0 unspecified atom stereocenters. The molecular weight excluding hydrogens is 296 g/mol. The number of halogens is 1. The van der Waals surface area contributed by atoms with Gasteiger partial charge in [-0.2, -0.15) is 0 Å². The first-order valence-corrected chi connectivity index (χ1v) is 7.41. The number of aromatic nitrogens is 1. The third-order valence-electron chi connectivity index (χ3n) is 2.71. The van der Waals surface area contributed by atoms with Crippen LogP contribution in [0.25, 0.3) is 0 Å². The van der Waals surface area contributed by atoms with Crippen LogP contribution in [0.4, 0.5) is 5.69 Å². The Morgan fingerprint density at radius 3 is 2.90 bits per heavy atom. The molecule has 0 bridgehead atoms. The van der Waals surface area contributed by atoms with Gasteiger partial charge in [0.05, 0.1) is 18.7 Å². The largest absolute Gasteiger partial charge is 0.462 e. The van der Waals surface area contributed by atoms with Crippen LogP contribution in [0.15, 0.2) is 24.4 Å². The SMILES string of the molecule is CCOC(=O)c1ccc(NCc2cnc(Cl)s2)cc1C. The summed E-state index contributed by atoms with van der Waals surface area (Å²) in [5, 5.41) is 3.27. The van der Waals surface area contributed by atoms with Crippen LogP contribution in [0.2, 0.25) is 4.47 Å². The molecule has 1 heterocycles. The molecule has 1 aromatic carbocycles. The quantitative estimate of drug-likeness (QED) is 0.851. The number of benzene rings is 1. The molecule has 0 fully saturated rings. The number of anilines is 1. The highest BCUT2D eigenvalue weighted by Crippen LogP contribution is 2.20. The Morgan fingerprint density at radius 2 is 2.30 bits per heavy atom. The molecule has 2 aromatic rings. The lowest BCUT2D eigenvalue weighted by Gasteiger charge is -2.09. The van der Waals surface area contributed by atoms with Gasteiger partial charge in [-0.25, -0.2) is 9.78 Å². The fraction of sp³-hybridized carbons (Fsp3) is 0.286. The number of esters is 1.